The van der Waals surface area contributed by atoms with E-state index in [2.05, 4.69) is 22.9 Å². The van der Waals surface area contributed by atoms with Crippen molar-refractivity contribution >= 4 is 5.91 Å². The number of amides is 1. The molecule has 0 saturated carbocycles. The van der Waals surface area contributed by atoms with Crippen molar-refractivity contribution in [3.63, 3.8) is 0 Å². The maximum atomic E-state index is 12.7. The number of carbonyl (C=O) groups is 1. The molecule has 0 aliphatic carbocycles. The van der Waals surface area contributed by atoms with Crippen LogP contribution in [0.15, 0.2) is 42.6 Å². The van der Waals surface area contributed by atoms with Gasteiger partial charge in [0.1, 0.15) is 0 Å². The molecule has 2 aliphatic rings. The van der Waals surface area contributed by atoms with Crippen molar-refractivity contribution in [2.24, 2.45) is 5.41 Å². The smallest absolute Gasteiger partial charge is 0.233 e. The van der Waals surface area contributed by atoms with Crippen molar-refractivity contribution in [1.29, 1.82) is 0 Å². The van der Waals surface area contributed by atoms with E-state index in [1.807, 2.05) is 48.4 Å². The van der Waals surface area contributed by atoms with Gasteiger partial charge in [0.2, 0.25) is 5.91 Å². The number of hydrogen-bond donors (Lipinski definition) is 0. The molecule has 0 unspecified atom stereocenters. The fourth-order valence-corrected chi connectivity index (χ4v) is 3.25. The Kier molecular flexibility index (Phi) is 4.03. The van der Waals surface area contributed by atoms with Crippen molar-refractivity contribution in [3.05, 3.63) is 65.0 Å². The molecular weight excluding hydrogens is 312 g/mol. The number of pyridine rings is 1. The lowest BCUT2D eigenvalue weighted by atomic mass is 9.86. The molecule has 0 bridgehead atoms. The average Bonchev–Trinajstić information content (AvgIpc) is 2.64. The Morgan fingerprint density at radius 1 is 1.20 bits per heavy atom. The third-order valence-electron chi connectivity index (χ3n) is 4.81. The van der Waals surface area contributed by atoms with E-state index in [-0.39, 0.29) is 11.3 Å². The highest BCUT2D eigenvalue weighted by Crippen LogP contribution is 2.31. The van der Waals surface area contributed by atoms with E-state index in [0.29, 0.717) is 19.8 Å². The first-order valence-corrected chi connectivity index (χ1v) is 8.56. The Morgan fingerprint density at radius 3 is 2.68 bits per heavy atom. The lowest BCUT2D eigenvalue weighted by molar-refractivity contribution is -0.169. The second-order valence-corrected chi connectivity index (χ2v) is 6.98. The Morgan fingerprint density at radius 2 is 1.96 bits per heavy atom. The summed E-state index contributed by atoms with van der Waals surface area (Å²) >= 11 is 0. The predicted octanol–water partition coefficient (Wildman–Crippen LogP) is 2.40. The molecule has 4 nitrogen and oxygen atoms in total. The Balaban J connectivity index is 1.54. The summed E-state index contributed by atoms with van der Waals surface area (Å²) in [5.74, 6) is 6.51. The number of aromatic nitrogens is 1. The number of carbonyl (C=O) groups excluding carboxylic acids is 1. The largest absolute Gasteiger partial charge is 0.379 e. The monoisotopic (exact) mass is 332 g/mol. The van der Waals surface area contributed by atoms with Gasteiger partial charge in [-0.15, -0.1) is 0 Å². The SMILES string of the molecule is CC1(C(=O)N2CCc3ncc(C#Cc4ccccc4)cc3C2)COC1. The summed E-state index contributed by atoms with van der Waals surface area (Å²) in [5, 5.41) is 0. The van der Waals surface area contributed by atoms with E-state index in [1.165, 1.54) is 0 Å². The van der Waals surface area contributed by atoms with Crippen LogP contribution in [-0.4, -0.2) is 35.5 Å². The van der Waals surface area contributed by atoms with E-state index in [4.69, 9.17) is 4.74 Å². The zero-order valence-corrected chi connectivity index (χ0v) is 14.3. The molecule has 1 aromatic carbocycles. The van der Waals surface area contributed by atoms with Crippen molar-refractivity contribution < 1.29 is 9.53 Å². The molecule has 4 heteroatoms. The third-order valence-corrected chi connectivity index (χ3v) is 4.81. The Hall–Kier alpha value is -2.64. The van der Waals surface area contributed by atoms with Crippen molar-refractivity contribution in [1.82, 2.24) is 9.88 Å². The summed E-state index contributed by atoms with van der Waals surface area (Å²) in [4.78, 5) is 19.2. The van der Waals surface area contributed by atoms with Crippen LogP contribution in [0.5, 0.6) is 0 Å². The quantitative estimate of drug-likeness (QED) is 0.753. The number of nitrogens with zero attached hydrogens (tertiary/aromatic N) is 2. The summed E-state index contributed by atoms with van der Waals surface area (Å²) in [7, 11) is 0. The lowest BCUT2D eigenvalue weighted by Crippen LogP contribution is -2.54. The molecular formula is C21H20N2O2. The summed E-state index contributed by atoms with van der Waals surface area (Å²) in [6.07, 6.45) is 2.62. The molecule has 25 heavy (non-hydrogen) atoms. The van der Waals surface area contributed by atoms with Gasteiger partial charge in [0.05, 0.1) is 18.6 Å². The highest BCUT2D eigenvalue weighted by Gasteiger charge is 2.44. The van der Waals surface area contributed by atoms with Gasteiger partial charge in [0.25, 0.3) is 0 Å². The van der Waals surface area contributed by atoms with Gasteiger partial charge in [-0.2, -0.15) is 0 Å². The highest BCUT2D eigenvalue weighted by molar-refractivity contribution is 5.83. The van der Waals surface area contributed by atoms with Crippen LogP contribution in [0.1, 0.15) is 29.3 Å². The maximum Gasteiger partial charge on any atom is 0.233 e. The number of benzene rings is 1. The third kappa shape index (κ3) is 3.16. The second-order valence-electron chi connectivity index (χ2n) is 6.98. The van der Waals surface area contributed by atoms with E-state index in [9.17, 15) is 4.79 Å². The molecule has 0 radical (unpaired) electrons. The molecule has 3 heterocycles. The van der Waals surface area contributed by atoms with E-state index in [1.54, 1.807) is 0 Å². The molecule has 2 aliphatic heterocycles. The fraction of sp³-hybridized carbons (Fsp3) is 0.333. The summed E-state index contributed by atoms with van der Waals surface area (Å²) in [6.45, 7) is 4.36. The maximum absolute atomic E-state index is 12.7. The van der Waals surface area contributed by atoms with E-state index >= 15 is 0 Å². The minimum Gasteiger partial charge on any atom is -0.379 e. The molecule has 1 amide bonds. The van der Waals surface area contributed by atoms with Crippen LogP contribution in [0.4, 0.5) is 0 Å². The molecule has 0 spiro atoms. The van der Waals surface area contributed by atoms with Crippen LogP contribution in [0.25, 0.3) is 0 Å². The van der Waals surface area contributed by atoms with Crippen LogP contribution >= 0.6 is 0 Å². The van der Waals surface area contributed by atoms with Gasteiger partial charge in [-0.3, -0.25) is 9.78 Å². The molecule has 2 aromatic rings. The van der Waals surface area contributed by atoms with Crippen molar-refractivity contribution in [3.8, 4) is 11.8 Å². The van der Waals surface area contributed by atoms with E-state index in [0.717, 1.165) is 35.3 Å². The predicted molar refractivity (Wildman–Crippen MR) is 94.7 cm³/mol. The summed E-state index contributed by atoms with van der Waals surface area (Å²) < 4.78 is 5.23. The normalized spacial score (nSPS) is 17.7. The second kappa shape index (κ2) is 6.34. The van der Waals surface area contributed by atoms with Gasteiger partial charge >= 0.3 is 0 Å². The van der Waals surface area contributed by atoms with Gasteiger partial charge < -0.3 is 9.64 Å². The van der Waals surface area contributed by atoms with Crippen molar-refractivity contribution in [2.45, 2.75) is 19.9 Å². The minimum atomic E-state index is -0.352. The molecule has 1 aromatic heterocycles. The highest BCUT2D eigenvalue weighted by atomic mass is 16.5. The zero-order valence-electron chi connectivity index (χ0n) is 14.3. The fourth-order valence-electron chi connectivity index (χ4n) is 3.25. The van der Waals surface area contributed by atoms with Gasteiger partial charge in [0.15, 0.2) is 0 Å². The molecule has 126 valence electrons. The van der Waals surface area contributed by atoms with Crippen LogP contribution < -0.4 is 0 Å². The Labute approximate surface area is 147 Å². The van der Waals surface area contributed by atoms with E-state index < -0.39 is 0 Å². The topological polar surface area (TPSA) is 42.4 Å². The zero-order chi connectivity index (χ0) is 17.3. The first-order valence-electron chi connectivity index (χ1n) is 8.56. The number of rotatable bonds is 1. The van der Waals surface area contributed by atoms with Crippen LogP contribution in [0.3, 0.4) is 0 Å². The summed E-state index contributed by atoms with van der Waals surface area (Å²) in [5.41, 5.74) is 3.69. The van der Waals surface area contributed by atoms with Gasteiger partial charge in [-0.25, -0.2) is 0 Å². The molecule has 0 N–H and O–H groups in total. The first-order chi connectivity index (χ1) is 12.1. The minimum absolute atomic E-state index is 0.185. The lowest BCUT2D eigenvalue weighted by Gasteiger charge is -2.41. The van der Waals surface area contributed by atoms with Gasteiger partial charge in [-0.05, 0) is 30.7 Å². The molecule has 1 saturated heterocycles. The molecule has 4 rings (SSSR count). The average molecular weight is 332 g/mol. The number of fused-ring (bicyclic) bond motifs is 1. The number of ether oxygens (including phenoxy) is 1. The molecule has 0 atom stereocenters. The van der Waals surface area contributed by atoms with Crippen LogP contribution in [-0.2, 0) is 22.5 Å². The van der Waals surface area contributed by atoms with Gasteiger partial charge in [-0.1, -0.05) is 30.0 Å². The van der Waals surface area contributed by atoms with Crippen LogP contribution in [0, 0.1) is 17.3 Å². The molecule has 1 fully saturated rings. The van der Waals surface area contributed by atoms with Gasteiger partial charge in [0, 0.05) is 42.5 Å². The first kappa shape index (κ1) is 15.9. The summed E-state index contributed by atoms with van der Waals surface area (Å²) in [6, 6.07) is 12.0. The number of hydrogen-bond acceptors (Lipinski definition) is 3. The van der Waals surface area contributed by atoms with Crippen LogP contribution in [0.2, 0.25) is 0 Å². The standard InChI is InChI=1S/C21H20N2O2/c1-21(14-25-15-21)20(24)23-10-9-19-18(13-23)11-17(12-22-19)8-7-16-5-3-2-4-6-16/h2-6,11-12H,9-10,13-15H2,1H3. The van der Waals surface area contributed by atoms with Crippen molar-refractivity contribution in [2.75, 3.05) is 19.8 Å². The Bertz CT molecular complexity index is 860.